The van der Waals surface area contributed by atoms with Gasteiger partial charge >= 0.3 is 0 Å². The molecule has 1 atom stereocenters. The predicted octanol–water partition coefficient (Wildman–Crippen LogP) is 4.03. The Morgan fingerprint density at radius 1 is 1.32 bits per heavy atom. The normalized spacial score (nSPS) is 17.2. The van der Waals surface area contributed by atoms with Gasteiger partial charge in [0.15, 0.2) is 0 Å². The molecule has 1 aromatic heterocycles. The zero-order chi connectivity index (χ0) is 13.4. The molecule has 2 nitrogen and oxygen atoms in total. The Kier molecular flexibility index (Phi) is 3.28. The molecule has 98 valence electrons. The van der Waals surface area contributed by atoms with Gasteiger partial charge in [0, 0.05) is 17.7 Å². The fourth-order valence-corrected chi connectivity index (χ4v) is 2.90. The summed E-state index contributed by atoms with van der Waals surface area (Å²) in [6.45, 7) is 4.30. The number of hydrogen-bond donors (Lipinski definition) is 0. The number of aromatic nitrogens is 2. The summed E-state index contributed by atoms with van der Waals surface area (Å²) in [5, 5.41) is 0. The first kappa shape index (κ1) is 12.6. The van der Waals surface area contributed by atoms with Crippen molar-refractivity contribution in [2.24, 2.45) is 0 Å². The second-order valence-electron chi connectivity index (χ2n) is 5.38. The molecule has 0 N–H and O–H groups in total. The van der Waals surface area contributed by atoms with Crippen LogP contribution in [0.25, 0.3) is 0 Å². The lowest BCUT2D eigenvalue weighted by molar-refractivity contribution is 0.643. The van der Waals surface area contributed by atoms with Crippen LogP contribution in [-0.2, 0) is 12.3 Å². The largest absolute Gasteiger partial charge is 0.240 e. The van der Waals surface area contributed by atoms with E-state index in [1.807, 2.05) is 6.20 Å². The van der Waals surface area contributed by atoms with Gasteiger partial charge in [0.1, 0.15) is 5.82 Å². The van der Waals surface area contributed by atoms with Crippen LogP contribution in [0.2, 0.25) is 0 Å². The van der Waals surface area contributed by atoms with Gasteiger partial charge in [-0.05, 0) is 23.5 Å². The van der Waals surface area contributed by atoms with Gasteiger partial charge in [-0.15, -0.1) is 11.6 Å². The SMILES string of the molecule is CC(C)c1nc(C2Cc3ccccc32)ncc1CCl. The van der Waals surface area contributed by atoms with Crippen LogP contribution in [0.3, 0.4) is 0 Å². The molecule has 1 heterocycles. The second-order valence-corrected chi connectivity index (χ2v) is 5.65. The summed E-state index contributed by atoms with van der Waals surface area (Å²) in [7, 11) is 0. The Balaban J connectivity index is 1.98. The molecule has 0 saturated heterocycles. The zero-order valence-corrected chi connectivity index (χ0v) is 12.0. The van der Waals surface area contributed by atoms with E-state index in [0.29, 0.717) is 17.7 Å². The number of alkyl halides is 1. The van der Waals surface area contributed by atoms with E-state index >= 15 is 0 Å². The van der Waals surface area contributed by atoms with Crippen molar-refractivity contribution in [3.05, 3.63) is 58.7 Å². The van der Waals surface area contributed by atoms with Gasteiger partial charge in [-0.3, -0.25) is 0 Å². The lowest BCUT2D eigenvalue weighted by atomic mass is 9.77. The van der Waals surface area contributed by atoms with Crippen LogP contribution >= 0.6 is 11.6 Å². The summed E-state index contributed by atoms with van der Waals surface area (Å²) in [6, 6.07) is 8.53. The van der Waals surface area contributed by atoms with Crippen LogP contribution in [0.1, 0.15) is 53.9 Å². The van der Waals surface area contributed by atoms with Gasteiger partial charge in [-0.1, -0.05) is 38.1 Å². The molecule has 3 rings (SSSR count). The Hall–Kier alpha value is -1.41. The van der Waals surface area contributed by atoms with Crippen molar-refractivity contribution in [3.8, 4) is 0 Å². The van der Waals surface area contributed by atoms with E-state index in [2.05, 4.69) is 43.1 Å². The van der Waals surface area contributed by atoms with Crippen molar-refractivity contribution in [3.63, 3.8) is 0 Å². The van der Waals surface area contributed by atoms with Gasteiger partial charge in [0.2, 0.25) is 0 Å². The molecule has 2 aromatic rings. The molecular weight excluding hydrogens is 256 g/mol. The van der Waals surface area contributed by atoms with E-state index in [1.165, 1.54) is 11.1 Å². The highest BCUT2D eigenvalue weighted by Gasteiger charge is 2.29. The first-order valence-corrected chi connectivity index (χ1v) is 7.23. The summed E-state index contributed by atoms with van der Waals surface area (Å²) < 4.78 is 0. The summed E-state index contributed by atoms with van der Waals surface area (Å²) in [5.74, 6) is 2.16. The number of benzene rings is 1. The molecule has 0 bridgehead atoms. The lowest BCUT2D eigenvalue weighted by Gasteiger charge is -2.29. The van der Waals surface area contributed by atoms with Crippen molar-refractivity contribution in [1.82, 2.24) is 9.97 Å². The van der Waals surface area contributed by atoms with Crippen molar-refractivity contribution >= 4 is 11.6 Å². The van der Waals surface area contributed by atoms with E-state index in [-0.39, 0.29) is 0 Å². The van der Waals surface area contributed by atoms with Crippen LogP contribution in [0.5, 0.6) is 0 Å². The van der Waals surface area contributed by atoms with Crippen LogP contribution in [0.15, 0.2) is 30.5 Å². The fourth-order valence-electron chi connectivity index (χ4n) is 2.69. The fraction of sp³-hybridized carbons (Fsp3) is 0.375. The molecule has 1 aliphatic rings. The number of nitrogens with zero attached hydrogens (tertiary/aromatic N) is 2. The molecule has 19 heavy (non-hydrogen) atoms. The lowest BCUT2D eigenvalue weighted by Crippen LogP contribution is -2.21. The van der Waals surface area contributed by atoms with Gasteiger partial charge < -0.3 is 0 Å². The molecule has 0 saturated carbocycles. The number of hydrogen-bond acceptors (Lipinski definition) is 2. The minimum absolute atomic E-state index is 0.359. The third-order valence-electron chi connectivity index (χ3n) is 3.77. The molecule has 0 spiro atoms. The molecular formula is C16H17ClN2. The molecule has 1 aromatic carbocycles. The highest BCUT2D eigenvalue weighted by Crippen LogP contribution is 2.38. The van der Waals surface area contributed by atoms with Gasteiger partial charge in [-0.2, -0.15) is 0 Å². The smallest absolute Gasteiger partial charge is 0.136 e. The predicted molar refractivity (Wildman–Crippen MR) is 77.7 cm³/mol. The molecule has 0 fully saturated rings. The Labute approximate surface area is 118 Å². The number of halogens is 1. The van der Waals surface area contributed by atoms with Crippen LogP contribution in [0, 0.1) is 0 Å². The Morgan fingerprint density at radius 3 is 2.79 bits per heavy atom. The second kappa shape index (κ2) is 4.93. The zero-order valence-electron chi connectivity index (χ0n) is 11.2. The summed E-state index contributed by atoms with van der Waals surface area (Å²) in [5.41, 5.74) is 4.93. The maximum Gasteiger partial charge on any atom is 0.136 e. The average Bonchev–Trinajstić information content (AvgIpc) is 2.40. The molecule has 1 unspecified atom stereocenters. The molecule has 0 aliphatic heterocycles. The maximum absolute atomic E-state index is 5.96. The minimum atomic E-state index is 0.359. The van der Waals surface area contributed by atoms with Gasteiger partial charge in [-0.25, -0.2) is 9.97 Å². The minimum Gasteiger partial charge on any atom is -0.240 e. The topological polar surface area (TPSA) is 25.8 Å². The maximum atomic E-state index is 5.96. The average molecular weight is 273 g/mol. The van der Waals surface area contributed by atoms with Crippen molar-refractivity contribution in [2.75, 3.05) is 0 Å². The molecule has 0 radical (unpaired) electrons. The molecule has 0 amide bonds. The summed E-state index contributed by atoms with van der Waals surface area (Å²) in [6.07, 6.45) is 2.94. The van der Waals surface area contributed by atoms with Crippen molar-refractivity contribution in [1.29, 1.82) is 0 Å². The molecule has 1 aliphatic carbocycles. The van der Waals surface area contributed by atoms with Crippen LogP contribution in [0.4, 0.5) is 0 Å². The van der Waals surface area contributed by atoms with E-state index < -0.39 is 0 Å². The first-order valence-electron chi connectivity index (χ1n) is 6.70. The highest BCUT2D eigenvalue weighted by atomic mass is 35.5. The quantitative estimate of drug-likeness (QED) is 0.789. The Morgan fingerprint density at radius 2 is 2.11 bits per heavy atom. The highest BCUT2D eigenvalue weighted by molar-refractivity contribution is 6.17. The number of fused-ring (bicyclic) bond motifs is 1. The van der Waals surface area contributed by atoms with Gasteiger partial charge in [0.05, 0.1) is 11.6 Å². The first-order chi connectivity index (χ1) is 9.20. The van der Waals surface area contributed by atoms with E-state index in [0.717, 1.165) is 23.5 Å². The third kappa shape index (κ3) is 2.14. The van der Waals surface area contributed by atoms with Crippen molar-refractivity contribution < 1.29 is 0 Å². The van der Waals surface area contributed by atoms with E-state index in [9.17, 15) is 0 Å². The third-order valence-corrected chi connectivity index (χ3v) is 4.06. The number of rotatable bonds is 3. The molecule has 3 heteroatoms. The van der Waals surface area contributed by atoms with Crippen LogP contribution in [-0.4, -0.2) is 9.97 Å². The summed E-state index contributed by atoms with van der Waals surface area (Å²) >= 11 is 5.96. The van der Waals surface area contributed by atoms with E-state index in [4.69, 9.17) is 16.6 Å². The van der Waals surface area contributed by atoms with E-state index in [1.54, 1.807) is 0 Å². The monoisotopic (exact) mass is 272 g/mol. The van der Waals surface area contributed by atoms with Gasteiger partial charge in [0.25, 0.3) is 0 Å². The standard InChI is InChI=1S/C16H17ClN2/c1-10(2)15-12(8-17)9-18-16(19-15)14-7-11-5-3-4-6-13(11)14/h3-6,9-10,14H,7-8H2,1-2H3. The Bertz CT molecular complexity index is 607. The van der Waals surface area contributed by atoms with Crippen molar-refractivity contribution in [2.45, 2.75) is 38.0 Å². The van der Waals surface area contributed by atoms with Crippen LogP contribution < -0.4 is 0 Å². The summed E-state index contributed by atoms with van der Waals surface area (Å²) in [4.78, 5) is 9.29.